The molecule has 0 aromatic carbocycles. The summed E-state index contributed by atoms with van der Waals surface area (Å²) in [6, 6.07) is 3.94. The third kappa shape index (κ3) is 3.00. The van der Waals surface area contributed by atoms with Crippen molar-refractivity contribution in [2.45, 2.75) is 27.2 Å². The molecule has 0 radical (unpaired) electrons. The van der Waals surface area contributed by atoms with Gasteiger partial charge in [-0.05, 0) is 18.6 Å². The molecule has 2 heterocycles. The normalized spacial score (nSPS) is 9.44. The summed E-state index contributed by atoms with van der Waals surface area (Å²) >= 11 is 1.20. The van der Waals surface area contributed by atoms with Gasteiger partial charge in [0.2, 0.25) is 0 Å². The fraction of sp³-hybridized carbons (Fsp3) is 0.364. The monoisotopic (exact) mass is 236 g/mol. The van der Waals surface area contributed by atoms with Gasteiger partial charge in [-0.15, -0.1) is 0 Å². The zero-order valence-corrected chi connectivity index (χ0v) is 10.6. The van der Waals surface area contributed by atoms with Crippen molar-refractivity contribution >= 4 is 16.7 Å². The predicted octanol–water partition coefficient (Wildman–Crippen LogP) is 2.77. The number of hydrogen-bond acceptors (Lipinski definition) is 5. The smallest absolute Gasteiger partial charge is 0.200 e. The molecule has 0 bridgehead atoms. The van der Waals surface area contributed by atoms with Crippen LogP contribution in [0.5, 0.6) is 0 Å². The molecule has 2 rings (SSSR count). The first-order valence-electron chi connectivity index (χ1n) is 5.34. The van der Waals surface area contributed by atoms with Gasteiger partial charge in [0, 0.05) is 29.0 Å². The first kappa shape index (κ1) is 12.6. The van der Waals surface area contributed by atoms with Gasteiger partial charge in [0.1, 0.15) is 0 Å². The van der Waals surface area contributed by atoms with Gasteiger partial charge in [-0.25, -0.2) is 0 Å². The Labute approximate surface area is 99.7 Å². The van der Waals surface area contributed by atoms with E-state index in [1.807, 2.05) is 26.0 Å². The Hall–Kier alpha value is -1.49. The molecule has 0 saturated carbocycles. The van der Waals surface area contributed by atoms with Crippen LogP contribution < -0.4 is 5.73 Å². The molecule has 0 aliphatic heterocycles. The van der Waals surface area contributed by atoms with Crippen molar-refractivity contribution in [2.75, 3.05) is 5.73 Å². The quantitative estimate of drug-likeness (QED) is 0.870. The lowest BCUT2D eigenvalue weighted by Gasteiger charge is -1.96. The summed E-state index contributed by atoms with van der Waals surface area (Å²) in [5.74, 6) is 0.655. The number of pyridine rings is 1. The van der Waals surface area contributed by atoms with Crippen LogP contribution >= 0.6 is 11.5 Å². The van der Waals surface area contributed by atoms with E-state index in [9.17, 15) is 0 Å². The fourth-order valence-electron chi connectivity index (χ4n) is 1.12. The number of anilines is 1. The molecule has 16 heavy (non-hydrogen) atoms. The van der Waals surface area contributed by atoms with Gasteiger partial charge < -0.3 is 5.73 Å². The maximum Gasteiger partial charge on any atom is 0.200 e. The molecule has 0 unspecified atom stereocenters. The van der Waals surface area contributed by atoms with Crippen LogP contribution in [-0.2, 0) is 6.42 Å². The highest BCUT2D eigenvalue weighted by Gasteiger charge is 2.04. The lowest BCUT2D eigenvalue weighted by atomic mass is 10.2. The molecule has 2 aromatic heterocycles. The van der Waals surface area contributed by atoms with Gasteiger partial charge in [-0.3, -0.25) is 4.98 Å². The highest BCUT2D eigenvalue weighted by molar-refractivity contribution is 7.09. The van der Waals surface area contributed by atoms with Crippen LogP contribution in [0.3, 0.4) is 0 Å². The third-order valence-electron chi connectivity index (χ3n) is 1.89. The maximum absolute atomic E-state index is 5.50. The molecule has 0 spiro atoms. The largest absolute Gasteiger partial charge is 0.374 e. The minimum Gasteiger partial charge on any atom is -0.374 e. The van der Waals surface area contributed by atoms with Crippen LogP contribution in [0.25, 0.3) is 11.4 Å². The van der Waals surface area contributed by atoms with Gasteiger partial charge in [0.25, 0.3) is 0 Å². The Morgan fingerprint density at radius 1 is 1.31 bits per heavy atom. The second-order valence-corrected chi connectivity index (χ2v) is 3.63. The zero-order valence-electron chi connectivity index (χ0n) is 9.77. The predicted molar refractivity (Wildman–Crippen MR) is 68.3 cm³/mol. The fourth-order valence-corrected chi connectivity index (χ4v) is 1.57. The van der Waals surface area contributed by atoms with Gasteiger partial charge in [0.15, 0.2) is 11.0 Å². The van der Waals surface area contributed by atoms with Crippen molar-refractivity contribution in [2.24, 2.45) is 0 Å². The van der Waals surface area contributed by atoms with E-state index >= 15 is 0 Å². The highest BCUT2D eigenvalue weighted by atomic mass is 32.1. The van der Waals surface area contributed by atoms with Crippen molar-refractivity contribution in [1.82, 2.24) is 14.3 Å². The second-order valence-electron chi connectivity index (χ2n) is 2.85. The van der Waals surface area contributed by atoms with Gasteiger partial charge in [0.05, 0.1) is 0 Å². The first-order chi connectivity index (χ1) is 7.79. The molecule has 0 aliphatic rings. The van der Waals surface area contributed by atoms with E-state index in [0.717, 1.165) is 17.7 Å². The van der Waals surface area contributed by atoms with E-state index < -0.39 is 0 Å². The van der Waals surface area contributed by atoms with Crippen molar-refractivity contribution in [3.05, 3.63) is 24.0 Å². The van der Waals surface area contributed by atoms with Crippen molar-refractivity contribution in [1.29, 1.82) is 0 Å². The van der Waals surface area contributed by atoms with Crippen molar-refractivity contribution in [3.63, 3.8) is 0 Å². The number of rotatable bonds is 2. The third-order valence-corrected chi connectivity index (χ3v) is 2.43. The molecule has 0 amide bonds. The minimum absolute atomic E-state index is 0.486. The highest BCUT2D eigenvalue weighted by Crippen LogP contribution is 2.18. The maximum atomic E-state index is 5.50. The van der Waals surface area contributed by atoms with Crippen molar-refractivity contribution < 1.29 is 0 Å². The molecule has 0 fully saturated rings. The van der Waals surface area contributed by atoms with E-state index in [4.69, 9.17) is 5.73 Å². The average Bonchev–Trinajstić information content (AvgIpc) is 2.79. The molecule has 86 valence electrons. The Kier molecular flexibility index (Phi) is 4.85. The Morgan fingerprint density at radius 2 is 2.06 bits per heavy atom. The molecular weight excluding hydrogens is 220 g/mol. The van der Waals surface area contributed by atoms with Crippen LogP contribution in [0.2, 0.25) is 0 Å². The first-order valence-corrected chi connectivity index (χ1v) is 6.11. The number of nitrogens with two attached hydrogens (primary N) is 1. The Balaban J connectivity index is 0.000000606. The summed E-state index contributed by atoms with van der Waals surface area (Å²) in [5.41, 5.74) is 7.48. The SMILES string of the molecule is CC.CCc1ccc(-c2nsc(N)n2)cn1. The van der Waals surface area contributed by atoms with Gasteiger partial charge in [-0.1, -0.05) is 20.8 Å². The summed E-state index contributed by atoms with van der Waals surface area (Å²) in [5, 5.41) is 0.486. The molecular formula is C11H16N4S. The van der Waals surface area contributed by atoms with E-state index in [0.29, 0.717) is 11.0 Å². The summed E-state index contributed by atoms with van der Waals surface area (Å²) in [6.45, 7) is 6.07. The molecule has 5 heteroatoms. The molecule has 4 nitrogen and oxygen atoms in total. The van der Waals surface area contributed by atoms with Gasteiger partial charge >= 0.3 is 0 Å². The van der Waals surface area contributed by atoms with Crippen LogP contribution in [-0.4, -0.2) is 14.3 Å². The standard InChI is InChI=1S/C9H10N4S.C2H6/c1-2-7-4-3-6(5-11-7)8-12-9(10)14-13-8;1-2/h3-5H,2H2,1H3,(H2,10,12,13);1-2H3. The molecule has 0 aliphatic carbocycles. The van der Waals surface area contributed by atoms with Crippen LogP contribution in [0.15, 0.2) is 18.3 Å². The summed E-state index contributed by atoms with van der Waals surface area (Å²) in [6.07, 6.45) is 2.72. The van der Waals surface area contributed by atoms with Crippen LogP contribution in [0.1, 0.15) is 26.5 Å². The van der Waals surface area contributed by atoms with Crippen molar-refractivity contribution in [3.8, 4) is 11.4 Å². The summed E-state index contributed by atoms with van der Waals surface area (Å²) < 4.78 is 4.11. The minimum atomic E-state index is 0.486. The zero-order chi connectivity index (χ0) is 12.0. The lowest BCUT2D eigenvalue weighted by molar-refractivity contribution is 1.03. The number of aromatic nitrogens is 3. The van der Waals surface area contributed by atoms with E-state index in [2.05, 4.69) is 21.3 Å². The summed E-state index contributed by atoms with van der Waals surface area (Å²) in [4.78, 5) is 8.35. The molecule has 0 saturated heterocycles. The number of aryl methyl sites for hydroxylation is 1. The molecule has 0 atom stereocenters. The number of nitrogen functional groups attached to an aromatic ring is 1. The van der Waals surface area contributed by atoms with Crippen LogP contribution in [0.4, 0.5) is 5.13 Å². The lowest BCUT2D eigenvalue weighted by Crippen LogP contribution is -1.88. The second kappa shape index (κ2) is 6.17. The Morgan fingerprint density at radius 3 is 2.50 bits per heavy atom. The molecule has 2 aromatic rings. The van der Waals surface area contributed by atoms with E-state index in [1.165, 1.54) is 11.5 Å². The van der Waals surface area contributed by atoms with Crippen LogP contribution in [0, 0.1) is 0 Å². The van der Waals surface area contributed by atoms with E-state index in [-0.39, 0.29) is 0 Å². The average molecular weight is 236 g/mol. The number of nitrogens with zero attached hydrogens (tertiary/aromatic N) is 3. The Bertz CT molecular complexity index is 422. The van der Waals surface area contributed by atoms with E-state index in [1.54, 1.807) is 6.20 Å². The summed E-state index contributed by atoms with van der Waals surface area (Å²) in [7, 11) is 0. The topological polar surface area (TPSA) is 64.7 Å². The van der Waals surface area contributed by atoms with Gasteiger partial charge in [-0.2, -0.15) is 9.36 Å². The molecule has 2 N–H and O–H groups in total. The number of hydrogen-bond donors (Lipinski definition) is 1.